The number of likely N-dealkylation sites (N-methyl/N-ethyl adjacent to an activating group) is 1. The molecule has 2 fully saturated rings. The fourth-order valence-corrected chi connectivity index (χ4v) is 5.66. The van der Waals surface area contributed by atoms with E-state index in [-0.39, 0.29) is 39.0 Å². The number of amides is 1. The summed E-state index contributed by atoms with van der Waals surface area (Å²) < 4.78 is 112. The Balaban J connectivity index is -0.000000280. The first kappa shape index (κ1) is 24.4. The topological polar surface area (TPSA) is 91.8 Å². The number of aliphatic hydroxyl groups is 1. The summed E-state index contributed by atoms with van der Waals surface area (Å²) in [4.78, 5) is 31.8. The summed E-state index contributed by atoms with van der Waals surface area (Å²) in [7, 11) is 2.03. The van der Waals surface area contributed by atoms with Gasteiger partial charge in [-0.05, 0) is 68.1 Å². The molecule has 9 nitrogen and oxygen atoms in total. The van der Waals surface area contributed by atoms with Crippen molar-refractivity contribution in [3.63, 3.8) is 0 Å². The summed E-state index contributed by atoms with van der Waals surface area (Å²) in [6, 6.07) is 4.91. The van der Waals surface area contributed by atoms with Gasteiger partial charge in [0.05, 0.1) is 25.7 Å². The minimum atomic E-state index is -0.864. The first-order valence-corrected chi connectivity index (χ1v) is 15.1. The minimum absolute atomic E-state index is 0. The van der Waals surface area contributed by atoms with Crippen molar-refractivity contribution >= 4 is 23.8 Å². The lowest BCUT2D eigenvalue weighted by Crippen LogP contribution is -2.48. The van der Waals surface area contributed by atoms with Gasteiger partial charge >= 0.3 is 12.1 Å². The molecular formula is C33H68FN3O6. The van der Waals surface area contributed by atoms with Gasteiger partial charge in [-0.1, -0.05) is 33.4 Å². The molecule has 2 saturated heterocycles. The van der Waals surface area contributed by atoms with Crippen molar-refractivity contribution in [2.75, 3.05) is 64.4 Å². The van der Waals surface area contributed by atoms with Crippen LogP contribution in [0.25, 0.3) is 6.08 Å². The van der Waals surface area contributed by atoms with Crippen LogP contribution in [0.1, 0.15) is 78.2 Å². The van der Waals surface area contributed by atoms with Gasteiger partial charge in [0, 0.05) is 76.1 Å². The Morgan fingerprint density at radius 3 is 2.49 bits per heavy atom. The number of cyclic esters (lactones) is 1. The standard InChI is InChI=1S/C32H46FN3O6.CH4.9H2/c1-22-5-7-28(37)21-30(38)42-31(23(2)6-8-29(22)41-32(39)36-11-9-34(4)10-12-36)24(3)17-25-18-26(33)20-27(19-25)35-13-15-40-16-14-35;;;;;;;;;;/h6,8,17-20,22-23,28-29,31,37H,5,7,9-16,21H2,1-4H3;1H4;9*1H/b8-6+,24-17+;;;;;;;;;;/t22-,23-,28+,29-,31-;;;;;;;;;;/m0........../s1/i;;8*1+1D;1+1. The smallest absolute Gasteiger partial charge is 0.410 e. The fourth-order valence-electron chi connectivity index (χ4n) is 5.66. The molecule has 0 unspecified atom stereocenters. The van der Waals surface area contributed by atoms with E-state index < -0.39 is 24.3 Å². The van der Waals surface area contributed by atoms with Gasteiger partial charge in [0.1, 0.15) is 18.0 Å². The van der Waals surface area contributed by atoms with Crippen LogP contribution in [-0.2, 0) is 19.0 Å². The van der Waals surface area contributed by atoms with Crippen molar-refractivity contribution in [3.8, 4) is 0 Å². The first-order valence-electron chi connectivity index (χ1n) is 23.1. The Morgan fingerprint density at radius 1 is 1.09 bits per heavy atom. The molecule has 0 radical (unpaired) electrons. The summed E-state index contributed by atoms with van der Waals surface area (Å²) in [5.74, 6) is -1.16. The first-order chi connectivity index (χ1) is 28.1. The Labute approximate surface area is 282 Å². The lowest BCUT2D eigenvalue weighted by molar-refractivity contribution is -0.151. The van der Waals surface area contributed by atoms with Crippen LogP contribution in [0.5, 0.6) is 0 Å². The number of carbonyl (C=O) groups excluding carboxylic acids is 2. The van der Waals surface area contributed by atoms with Crippen LogP contribution in [0.2, 0.25) is 0 Å². The molecule has 1 N–H and O–H groups in total. The number of ether oxygens (including phenoxy) is 3. The average Bonchev–Trinajstić information content (AvgIpc) is 3.28. The third-order valence-electron chi connectivity index (χ3n) is 8.38. The van der Waals surface area contributed by atoms with Crippen molar-refractivity contribution < 1.29 is 58.5 Å². The molecule has 1 amide bonds. The van der Waals surface area contributed by atoms with Crippen LogP contribution < -0.4 is 4.90 Å². The number of halogens is 1. The molecule has 0 bridgehead atoms. The lowest BCUT2D eigenvalue weighted by Gasteiger charge is -2.33. The van der Waals surface area contributed by atoms with Gasteiger partial charge in [-0.25, -0.2) is 9.18 Å². The molecule has 1 aromatic carbocycles. The van der Waals surface area contributed by atoms with E-state index in [4.69, 9.17) is 38.0 Å². The van der Waals surface area contributed by atoms with E-state index in [1.54, 1.807) is 4.90 Å². The van der Waals surface area contributed by atoms with E-state index >= 15 is 0 Å². The van der Waals surface area contributed by atoms with Gasteiger partial charge in [-0.3, -0.25) is 4.79 Å². The van der Waals surface area contributed by atoms with Crippen molar-refractivity contribution in [1.82, 2.24) is 9.80 Å². The zero-order valence-electron chi connectivity index (χ0n) is 41.3. The maximum atomic E-state index is 14.6. The molecule has 10 heteroatoms. The Hall–Kier alpha value is -2.95. The van der Waals surface area contributed by atoms with Crippen molar-refractivity contribution in [2.45, 2.75) is 65.8 Å². The maximum absolute atomic E-state index is 14.6. The van der Waals surface area contributed by atoms with Gasteiger partial charge in [-0.15, -0.1) is 0 Å². The fraction of sp³-hybridized carbons (Fsp3) is 0.636. The largest absolute Gasteiger partial charge is 0.457 e. The predicted octanol–water partition coefficient (Wildman–Crippen LogP) is 6.95. The van der Waals surface area contributed by atoms with Crippen LogP contribution in [0, 0.1) is 17.7 Å². The number of anilines is 1. The summed E-state index contributed by atoms with van der Waals surface area (Å²) in [5, 5.41) is 10.6. The number of esters is 1. The number of nitrogens with zero attached hydrogens (tertiary/aromatic N) is 3. The second-order valence-electron chi connectivity index (χ2n) is 11.9. The molecule has 4 rings (SSSR count). The third-order valence-corrected chi connectivity index (χ3v) is 8.38. The molecule has 5 atom stereocenters. The van der Waals surface area contributed by atoms with Gasteiger partial charge < -0.3 is 34.0 Å². The molecule has 258 valence electrons. The van der Waals surface area contributed by atoms with Crippen LogP contribution >= 0.6 is 0 Å². The zero-order valence-corrected chi connectivity index (χ0v) is 25.3. The monoisotopic (exact) mass is 639 g/mol. The highest BCUT2D eigenvalue weighted by molar-refractivity contribution is 5.71. The second kappa shape index (κ2) is 16.2. The number of piperazine rings is 1. The minimum Gasteiger partial charge on any atom is -0.457 e. The zero-order chi connectivity index (χ0) is 46.2. The molecule has 0 aliphatic carbocycles. The van der Waals surface area contributed by atoms with Crippen LogP contribution in [-0.4, -0.2) is 105 Å². The number of carbonyl (C=O) groups is 2. The quantitative estimate of drug-likeness (QED) is 0.280. The maximum Gasteiger partial charge on any atom is 0.410 e. The average molecular weight is 639 g/mol. The third kappa shape index (κ3) is 10.0. The molecule has 1 aromatic rings. The van der Waals surface area contributed by atoms with Gasteiger partial charge in [0.2, 0.25) is 0 Å². The van der Waals surface area contributed by atoms with Gasteiger partial charge in [-0.2, -0.15) is 0 Å². The Kier molecular flexibility index (Phi) is 9.19. The second-order valence-corrected chi connectivity index (χ2v) is 11.9. The highest BCUT2D eigenvalue weighted by Crippen LogP contribution is 2.27. The van der Waals surface area contributed by atoms with E-state index in [1.165, 1.54) is 12.1 Å². The summed E-state index contributed by atoms with van der Waals surface area (Å²) >= 11 is 0. The van der Waals surface area contributed by atoms with Crippen LogP contribution in [0.3, 0.4) is 0 Å². The number of hydrogen-bond acceptors (Lipinski definition) is 8. The van der Waals surface area contributed by atoms with E-state index in [0.717, 1.165) is 24.4 Å². The van der Waals surface area contributed by atoms with E-state index in [1.807, 2.05) is 52.1 Å². The summed E-state index contributed by atoms with van der Waals surface area (Å²) in [5.41, 5.74) is 2.19. The summed E-state index contributed by atoms with van der Waals surface area (Å²) in [6.45, 7) is 11.2. The molecule has 43 heavy (non-hydrogen) atoms. The van der Waals surface area contributed by atoms with Gasteiger partial charge in [0.15, 0.2) is 0 Å². The molecule has 0 aromatic heterocycles. The SMILES string of the molecule is C.C/C(=C\c1cc(F)cc(N2CCOCC2)c1)[C@H]1OC(=O)C[C@H](O)CC[C@H](C)[C@@H](OC(=O)N2CCN(C)CC2)/C=C/[C@@H]1C.[2HH].[2H][2H].[2H][2H].[2H][2H].[2H][2H].[2H][2H].[2H][2H].[2H][2H].[2H][2H]. The van der Waals surface area contributed by atoms with Crippen LogP contribution in [0.15, 0.2) is 35.9 Å². The highest BCUT2D eigenvalue weighted by Gasteiger charge is 2.29. The number of benzene rings is 1. The Morgan fingerprint density at radius 2 is 1.79 bits per heavy atom. The molecule has 0 spiro atoms. The van der Waals surface area contributed by atoms with E-state index in [9.17, 15) is 19.1 Å². The van der Waals surface area contributed by atoms with E-state index in [0.29, 0.717) is 57.8 Å². The molecule has 3 heterocycles. The molecule has 0 saturated carbocycles. The molecule has 3 aliphatic rings. The predicted molar refractivity (Wildman–Crippen MR) is 185 cm³/mol. The summed E-state index contributed by atoms with van der Waals surface area (Å²) in [6.07, 6.45) is 4.14. The molecule has 3 aliphatic heterocycles. The number of morpholine rings is 1. The van der Waals surface area contributed by atoms with Gasteiger partial charge in [0.25, 0.3) is 0 Å². The normalized spacial score (nSPS) is 30.5. The molecular weight excluding hydrogens is 553 g/mol. The van der Waals surface area contributed by atoms with Crippen molar-refractivity contribution in [1.29, 1.82) is 0 Å². The highest BCUT2D eigenvalue weighted by atomic mass is 19.1. The Bertz CT molecular complexity index is 1180. The van der Waals surface area contributed by atoms with Crippen molar-refractivity contribution in [2.24, 2.45) is 11.8 Å². The number of rotatable bonds is 4. The van der Waals surface area contributed by atoms with Crippen molar-refractivity contribution in [3.05, 3.63) is 47.3 Å². The number of aliphatic hydroxyl groups excluding tert-OH is 1. The van der Waals surface area contributed by atoms with E-state index in [2.05, 4.69) is 9.80 Å². The van der Waals surface area contributed by atoms with Crippen LogP contribution in [0.4, 0.5) is 14.9 Å². The number of hydrogen-bond donors (Lipinski definition) is 1. The lowest BCUT2D eigenvalue weighted by atomic mass is 9.91.